The third-order valence-electron chi connectivity index (χ3n) is 7.18. The summed E-state index contributed by atoms with van der Waals surface area (Å²) >= 11 is 0. The van der Waals surface area contributed by atoms with Crippen molar-refractivity contribution in [2.75, 3.05) is 6.61 Å². The van der Waals surface area contributed by atoms with E-state index in [1.165, 1.54) is 5.56 Å². The molecule has 4 nitrogen and oxygen atoms in total. The van der Waals surface area contributed by atoms with E-state index >= 15 is 0 Å². The lowest BCUT2D eigenvalue weighted by Gasteiger charge is -2.51. The maximum absolute atomic E-state index is 10.5. The molecule has 2 saturated carbocycles. The van der Waals surface area contributed by atoms with E-state index in [2.05, 4.69) is 6.92 Å². The monoisotopic (exact) mass is 331 g/mol. The fourth-order valence-corrected chi connectivity index (χ4v) is 5.91. The van der Waals surface area contributed by atoms with Crippen LogP contribution in [0.3, 0.4) is 0 Å². The largest absolute Gasteiger partial charge is 0.504 e. The second kappa shape index (κ2) is 5.63. The number of phenolic OH excluding ortho intramolecular Hbond substituents is 1. The van der Waals surface area contributed by atoms with Crippen LogP contribution in [-0.2, 0) is 0 Å². The van der Waals surface area contributed by atoms with Gasteiger partial charge in [-0.05, 0) is 85.5 Å². The topological polar surface area (TPSA) is 75.7 Å². The maximum atomic E-state index is 10.5. The molecule has 0 amide bonds. The van der Waals surface area contributed by atoms with E-state index in [1.807, 2.05) is 19.1 Å². The van der Waals surface area contributed by atoms with E-state index in [1.54, 1.807) is 0 Å². The molecule has 0 heterocycles. The molecule has 4 heteroatoms. The smallest absolute Gasteiger partial charge is 0.161 e. The Hall–Kier alpha value is -1.26. The zero-order valence-electron chi connectivity index (χ0n) is 14.7. The Kier molecular flexibility index (Phi) is 3.81. The normalized spacial score (nSPS) is 40.6. The minimum atomic E-state index is -0.167. The highest BCUT2D eigenvalue weighted by Crippen LogP contribution is 2.62. The summed E-state index contributed by atoms with van der Waals surface area (Å²) in [6.07, 6.45) is 4.98. The van der Waals surface area contributed by atoms with Crippen molar-refractivity contribution in [2.24, 2.45) is 23.0 Å². The number of benzene rings is 1. The van der Waals surface area contributed by atoms with Gasteiger partial charge in [0.05, 0.1) is 12.7 Å². The van der Waals surface area contributed by atoms with Gasteiger partial charge in [-0.15, -0.1) is 0 Å². The Bertz CT molecular complexity index is 646. The number of nitrogens with two attached hydrogens (primary N) is 1. The fourth-order valence-electron chi connectivity index (χ4n) is 5.91. The molecule has 2 fully saturated rings. The Morgan fingerprint density at radius 1 is 1.25 bits per heavy atom. The summed E-state index contributed by atoms with van der Waals surface area (Å²) in [5, 5.41) is 20.7. The van der Waals surface area contributed by atoms with E-state index in [0.29, 0.717) is 30.1 Å². The Labute approximate surface area is 144 Å². The molecule has 1 aromatic carbocycles. The van der Waals surface area contributed by atoms with Crippen molar-refractivity contribution in [1.82, 2.24) is 0 Å². The van der Waals surface area contributed by atoms with Crippen molar-refractivity contribution in [2.45, 2.75) is 64.0 Å². The lowest BCUT2D eigenvalue weighted by molar-refractivity contribution is -0.0248. The van der Waals surface area contributed by atoms with Gasteiger partial charge in [-0.1, -0.05) is 6.92 Å². The second-order valence-electron chi connectivity index (χ2n) is 8.24. The summed E-state index contributed by atoms with van der Waals surface area (Å²) < 4.78 is 5.61. The lowest BCUT2D eigenvalue weighted by atomic mass is 9.55. The lowest BCUT2D eigenvalue weighted by Crippen LogP contribution is -2.45. The van der Waals surface area contributed by atoms with Gasteiger partial charge in [-0.25, -0.2) is 0 Å². The third kappa shape index (κ3) is 2.19. The minimum Gasteiger partial charge on any atom is -0.504 e. The van der Waals surface area contributed by atoms with Gasteiger partial charge >= 0.3 is 0 Å². The number of hydrogen-bond acceptors (Lipinski definition) is 4. The van der Waals surface area contributed by atoms with Crippen LogP contribution in [0.4, 0.5) is 0 Å². The summed E-state index contributed by atoms with van der Waals surface area (Å²) in [6, 6.07) is 3.81. The summed E-state index contributed by atoms with van der Waals surface area (Å²) in [6.45, 7) is 4.74. The standard InChI is InChI=1S/C20H29NO3/c1-3-24-18-10-12-11-6-7-20(2)15(4-5-19(20)23)13(11)8-16(21)14(12)9-17(18)22/h9-11,13,15-16,19,22-23H,3-8,21H2,1-2H3/t11-,13-,15+,16?,19+,20+/m1/s1. The van der Waals surface area contributed by atoms with Gasteiger partial charge in [0, 0.05) is 6.04 Å². The number of aliphatic hydroxyl groups is 1. The average molecular weight is 331 g/mol. The van der Waals surface area contributed by atoms with Crippen molar-refractivity contribution >= 4 is 0 Å². The SMILES string of the molecule is CCOc1cc2c(cc1O)C(N)C[C@@H]1[C@@H]2CC[C@]2(C)[C@@H](O)CC[C@@H]12. The number of aromatic hydroxyl groups is 1. The first-order valence-electron chi connectivity index (χ1n) is 9.39. The predicted octanol–water partition coefficient (Wildman–Crippen LogP) is 3.47. The quantitative estimate of drug-likeness (QED) is 0.776. The molecule has 3 aliphatic rings. The second-order valence-corrected chi connectivity index (χ2v) is 8.24. The molecule has 3 aliphatic carbocycles. The molecule has 0 saturated heterocycles. The zero-order valence-corrected chi connectivity index (χ0v) is 14.7. The maximum Gasteiger partial charge on any atom is 0.161 e. The highest BCUT2D eigenvalue weighted by atomic mass is 16.5. The molecule has 4 rings (SSSR count). The van der Waals surface area contributed by atoms with Crippen molar-refractivity contribution in [3.05, 3.63) is 23.3 Å². The summed E-state index contributed by atoms with van der Waals surface area (Å²) in [7, 11) is 0. The molecular formula is C20H29NO3. The Morgan fingerprint density at radius 2 is 2.04 bits per heavy atom. The number of hydrogen-bond donors (Lipinski definition) is 3. The number of ether oxygens (including phenoxy) is 1. The van der Waals surface area contributed by atoms with Gasteiger partial charge in [-0.3, -0.25) is 0 Å². The Balaban J connectivity index is 1.75. The molecule has 0 bridgehead atoms. The van der Waals surface area contributed by atoms with Crippen LogP contribution < -0.4 is 10.5 Å². The van der Waals surface area contributed by atoms with Gasteiger partial charge in [0.25, 0.3) is 0 Å². The molecule has 0 aliphatic heterocycles. The van der Waals surface area contributed by atoms with Crippen LogP contribution in [0.25, 0.3) is 0 Å². The third-order valence-corrected chi connectivity index (χ3v) is 7.18. The van der Waals surface area contributed by atoms with Crippen molar-refractivity contribution in [1.29, 1.82) is 0 Å². The van der Waals surface area contributed by atoms with Gasteiger partial charge in [0.1, 0.15) is 0 Å². The summed E-state index contributed by atoms with van der Waals surface area (Å²) in [5.41, 5.74) is 8.90. The fraction of sp³-hybridized carbons (Fsp3) is 0.700. The predicted molar refractivity (Wildman–Crippen MR) is 93.1 cm³/mol. The number of aliphatic hydroxyl groups excluding tert-OH is 1. The van der Waals surface area contributed by atoms with E-state index in [9.17, 15) is 10.2 Å². The highest BCUT2D eigenvalue weighted by Gasteiger charge is 2.55. The van der Waals surface area contributed by atoms with Crippen molar-refractivity contribution < 1.29 is 14.9 Å². The van der Waals surface area contributed by atoms with Gasteiger partial charge < -0.3 is 20.7 Å². The highest BCUT2D eigenvalue weighted by molar-refractivity contribution is 5.50. The van der Waals surface area contributed by atoms with E-state index < -0.39 is 0 Å². The van der Waals surface area contributed by atoms with Crippen LogP contribution in [0.5, 0.6) is 11.5 Å². The molecule has 24 heavy (non-hydrogen) atoms. The molecule has 0 spiro atoms. The van der Waals surface area contributed by atoms with Crippen LogP contribution in [0.2, 0.25) is 0 Å². The van der Waals surface area contributed by atoms with Crippen molar-refractivity contribution in [3.63, 3.8) is 0 Å². The molecule has 1 unspecified atom stereocenters. The van der Waals surface area contributed by atoms with Crippen molar-refractivity contribution in [3.8, 4) is 11.5 Å². The molecule has 1 aromatic rings. The first-order valence-corrected chi connectivity index (χ1v) is 9.39. The molecule has 0 aromatic heterocycles. The molecular weight excluding hydrogens is 302 g/mol. The number of phenols is 1. The van der Waals surface area contributed by atoms with Crippen LogP contribution >= 0.6 is 0 Å². The Morgan fingerprint density at radius 3 is 2.79 bits per heavy atom. The first-order chi connectivity index (χ1) is 11.5. The van der Waals surface area contributed by atoms with Crippen LogP contribution in [-0.4, -0.2) is 22.9 Å². The average Bonchev–Trinajstić information content (AvgIpc) is 2.85. The van der Waals surface area contributed by atoms with Gasteiger partial charge in [0.15, 0.2) is 11.5 Å². The summed E-state index contributed by atoms with van der Waals surface area (Å²) in [4.78, 5) is 0. The molecule has 4 N–H and O–H groups in total. The zero-order chi connectivity index (χ0) is 17.1. The van der Waals surface area contributed by atoms with E-state index in [-0.39, 0.29) is 23.3 Å². The van der Waals surface area contributed by atoms with Crippen LogP contribution in [0.15, 0.2) is 12.1 Å². The minimum absolute atomic E-state index is 0.0390. The number of rotatable bonds is 2. The molecule has 0 radical (unpaired) electrons. The van der Waals surface area contributed by atoms with E-state index in [4.69, 9.17) is 10.5 Å². The van der Waals surface area contributed by atoms with Crippen LogP contribution in [0, 0.1) is 17.3 Å². The van der Waals surface area contributed by atoms with Gasteiger partial charge in [0.2, 0.25) is 0 Å². The summed E-state index contributed by atoms with van der Waals surface area (Å²) in [5.74, 6) is 2.32. The van der Waals surface area contributed by atoms with E-state index in [0.717, 1.165) is 37.7 Å². The molecule has 132 valence electrons. The van der Waals surface area contributed by atoms with Crippen LogP contribution in [0.1, 0.15) is 69.0 Å². The van der Waals surface area contributed by atoms with Gasteiger partial charge in [-0.2, -0.15) is 0 Å². The first kappa shape index (κ1) is 16.2. The number of fused-ring (bicyclic) bond motifs is 5. The molecule has 6 atom stereocenters.